The van der Waals surface area contributed by atoms with Gasteiger partial charge in [-0.2, -0.15) is 0 Å². The average molecular weight is 272 g/mol. The van der Waals surface area contributed by atoms with Crippen LogP contribution in [0.3, 0.4) is 0 Å². The first kappa shape index (κ1) is 14.5. The predicted octanol–water partition coefficient (Wildman–Crippen LogP) is 1.72. The van der Waals surface area contributed by atoms with Crippen LogP contribution in [0.15, 0.2) is 29.2 Å². The molecule has 6 heteroatoms. The van der Waals surface area contributed by atoms with Crippen LogP contribution in [0.5, 0.6) is 5.75 Å². The van der Waals surface area contributed by atoms with Crippen LogP contribution in [0.2, 0.25) is 0 Å². The molecule has 0 atom stereocenters. The Bertz CT molecular complexity index is 490. The van der Waals surface area contributed by atoms with Crippen molar-refractivity contribution in [2.75, 3.05) is 12.9 Å². The summed E-state index contributed by atoms with van der Waals surface area (Å²) in [5, 5.41) is 8.44. The fourth-order valence-electron chi connectivity index (χ4n) is 1.35. The normalized spacial score (nSPS) is 11.2. The smallest absolute Gasteiger partial charge is 0.303 e. The van der Waals surface area contributed by atoms with E-state index < -0.39 is 15.8 Å². The summed E-state index contributed by atoms with van der Waals surface area (Å²) in [6.45, 7) is 0.422. The summed E-state index contributed by atoms with van der Waals surface area (Å²) < 4.78 is 27.8. The Kier molecular flexibility index (Phi) is 5.15. The van der Waals surface area contributed by atoms with Crippen LogP contribution in [-0.4, -0.2) is 32.4 Å². The predicted molar refractivity (Wildman–Crippen MR) is 66.5 cm³/mol. The Morgan fingerprint density at radius 2 is 1.83 bits per heavy atom. The highest BCUT2D eigenvalue weighted by atomic mass is 32.2. The zero-order valence-corrected chi connectivity index (χ0v) is 10.9. The van der Waals surface area contributed by atoms with E-state index in [1.807, 2.05) is 0 Å². The molecule has 18 heavy (non-hydrogen) atoms. The van der Waals surface area contributed by atoms with Crippen molar-refractivity contribution in [2.24, 2.45) is 0 Å². The average Bonchev–Trinajstić information content (AvgIpc) is 2.27. The number of carboxylic acids is 1. The molecular weight excluding hydrogens is 256 g/mol. The van der Waals surface area contributed by atoms with Gasteiger partial charge < -0.3 is 9.84 Å². The van der Waals surface area contributed by atoms with Crippen LogP contribution < -0.4 is 4.74 Å². The lowest BCUT2D eigenvalue weighted by atomic mass is 10.2. The lowest BCUT2D eigenvalue weighted by Crippen LogP contribution is -2.01. The minimum absolute atomic E-state index is 0.135. The van der Waals surface area contributed by atoms with E-state index in [0.717, 1.165) is 6.26 Å². The van der Waals surface area contributed by atoms with Crippen molar-refractivity contribution in [3.05, 3.63) is 24.3 Å². The summed E-state index contributed by atoms with van der Waals surface area (Å²) in [6.07, 6.45) is 2.50. The molecule has 1 aromatic rings. The molecule has 0 saturated carbocycles. The van der Waals surface area contributed by atoms with Gasteiger partial charge in [0, 0.05) is 12.7 Å². The van der Waals surface area contributed by atoms with E-state index in [2.05, 4.69) is 0 Å². The Morgan fingerprint density at radius 1 is 1.22 bits per heavy atom. The minimum atomic E-state index is -3.18. The largest absolute Gasteiger partial charge is 0.494 e. The van der Waals surface area contributed by atoms with E-state index in [-0.39, 0.29) is 11.3 Å². The van der Waals surface area contributed by atoms with Gasteiger partial charge in [-0.1, -0.05) is 0 Å². The molecule has 0 amide bonds. The van der Waals surface area contributed by atoms with Crippen LogP contribution in [-0.2, 0) is 14.6 Å². The van der Waals surface area contributed by atoms with Gasteiger partial charge in [-0.3, -0.25) is 4.79 Å². The highest BCUT2D eigenvalue weighted by Gasteiger charge is 2.06. The summed E-state index contributed by atoms with van der Waals surface area (Å²) in [5.41, 5.74) is 0. The van der Waals surface area contributed by atoms with Gasteiger partial charge in [-0.25, -0.2) is 8.42 Å². The molecule has 100 valence electrons. The first-order chi connectivity index (χ1) is 8.39. The molecular formula is C12H16O5S. The summed E-state index contributed by atoms with van der Waals surface area (Å²) in [4.78, 5) is 10.5. The van der Waals surface area contributed by atoms with Gasteiger partial charge in [0.15, 0.2) is 9.84 Å². The number of benzene rings is 1. The lowest BCUT2D eigenvalue weighted by Gasteiger charge is -2.06. The van der Waals surface area contributed by atoms with Gasteiger partial charge in [0.05, 0.1) is 11.5 Å². The molecule has 1 aromatic carbocycles. The topological polar surface area (TPSA) is 80.7 Å². The monoisotopic (exact) mass is 272 g/mol. The van der Waals surface area contributed by atoms with Gasteiger partial charge in [0.1, 0.15) is 5.75 Å². The highest BCUT2D eigenvalue weighted by molar-refractivity contribution is 7.90. The van der Waals surface area contributed by atoms with Crippen molar-refractivity contribution in [3.8, 4) is 5.75 Å². The first-order valence-corrected chi connectivity index (χ1v) is 7.43. The number of hydrogen-bond acceptors (Lipinski definition) is 4. The Morgan fingerprint density at radius 3 is 2.33 bits per heavy atom. The third-order valence-electron chi connectivity index (χ3n) is 2.31. The highest BCUT2D eigenvalue weighted by Crippen LogP contribution is 2.16. The molecule has 0 heterocycles. The molecule has 0 fully saturated rings. The standard InChI is InChI=1S/C12H16O5S/c1-18(15,16)11-7-5-10(6-8-11)17-9-3-2-4-12(13)14/h5-8H,2-4,9H2,1H3,(H,13,14). The van der Waals surface area contributed by atoms with E-state index in [0.29, 0.717) is 25.2 Å². The van der Waals surface area contributed by atoms with E-state index in [1.165, 1.54) is 12.1 Å². The minimum Gasteiger partial charge on any atom is -0.494 e. The number of aliphatic carboxylic acids is 1. The molecule has 0 aliphatic carbocycles. The molecule has 0 bridgehead atoms. The molecule has 0 radical (unpaired) electrons. The molecule has 0 spiro atoms. The van der Waals surface area contributed by atoms with Crippen molar-refractivity contribution in [1.82, 2.24) is 0 Å². The summed E-state index contributed by atoms with van der Waals surface area (Å²) in [5.74, 6) is -0.231. The number of ether oxygens (including phenoxy) is 1. The molecule has 5 nitrogen and oxygen atoms in total. The maximum absolute atomic E-state index is 11.2. The van der Waals surface area contributed by atoms with Gasteiger partial charge in [-0.05, 0) is 37.1 Å². The maximum Gasteiger partial charge on any atom is 0.303 e. The van der Waals surface area contributed by atoms with Gasteiger partial charge in [0.2, 0.25) is 0 Å². The van der Waals surface area contributed by atoms with Crippen molar-refractivity contribution < 1.29 is 23.1 Å². The van der Waals surface area contributed by atoms with E-state index >= 15 is 0 Å². The first-order valence-electron chi connectivity index (χ1n) is 5.54. The van der Waals surface area contributed by atoms with Crippen LogP contribution in [0.1, 0.15) is 19.3 Å². The van der Waals surface area contributed by atoms with Crippen LogP contribution in [0, 0.1) is 0 Å². The lowest BCUT2D eigenvalue weighted by molar-refractivity contribution is -0.137. The number of sulfone groups is 1. The molecule has 0 saturated heterocycles. The summed E-state index contributed by atoms with van der Waals surface area (Å²) in [7, 11) is -3.18. The number of carbonyl (C=O) groups is 1. The second-order valence-corrected chi connectivity index (χ2v) is 5.96. The van der Waals surface area contributed by atoms with E-state index in [9.17, 15) is 13.2 Å². The van der Waals surface area contributed by atoms with Crippen LogP contribution >= 0.6 is 0 Å². The zero-order valence-electron chi connectivity index (χ0n) is 10.1. The fraction of sp³-hybridized carbons (Fsp3) is 0.417. The molecule has 0 unspecified atom stereocenters. The van der Waals surface area contributed by atoms with Crippen LogP contribution in [0.4, 0.5) is 0 Å². The van der Waals surface area contributed by atoms with Crippen molar-refractivity contribution in [1.29, 1.82) is 0 Å². The maximum atomic E-state index is 11.2. The summed E-state index contributed by atoms with van der Waals surface area (Å²) >= 11 is 0. The summed E-state index contributed by atoms with van der Waals surface area (Å²) in [6, 6.07) is 6.16. The van der Waals surface area contributed by atoms with E-state index in [1.54, 1.807) is 12.1 Å². The van der Waals surface area contributed by atoms with Crippen molar-refractivity contribution >= 4 is 15.8 Å². The van der Waals surface area contributed by atoms with Gasteiger partial charge in [0.25, 0.3) is 0 Å². The SMILES string of the molecule is CS(=O)(=O)c1ccc(OCCCCC(=O)O)cc1. The second kappa shape index (κ2) is 6.39. The van der Waals surface area contributed by atoms with Crippen LogP contribution in [0.25, 0.3) is 0 Å². The zero-order chi connectivity index (χ0) is 13.6. The van der Waals surface area contributed by atoms with Crippen molar-refractivity contribution in [3.63, 3.8) is 0 Å². The Balaban J connectivity index is 2.38. The molecule has 1 N–H and O–H groups in total. The molecule has 1 rings (SSSR count). The second-order valence-electron chi connectivity index (χ2n) is 3.94. The Labute approximate surface area is 106 Å². The Hall–Kier alpha value is -1.56. The number of carboxylic acid groups (broad SMARTS) is 1. The van der Waals surface area contributed by atoms with Gasteiger partial charge >= 0.3 is 5.97 Å². The molecule has 0 aromatic heterocycles. The van der Waals surface area contributed by atoms with Gasteiger partial charge in [-0.15, -0.1) is 0 Å². The molecule has 0 aliphatic rings. The number of unbranched alkanes of at least 4 members (excludes halogenated alkanes) is 1. The molecule has 0 aliphatic heterocycles. The number of hydrogen-bond donors (Lipinski definition) is 1. The fourth-order valence-corrected chi connectivity index (χ4v) is 1.98. The van der Waals surface area contributed by atoms with E-state index in [4.69, 9.17) is 9.84 Å². The third kappa shape index (κ3) is 5.18. The third-order valence-corrected chi connectivity index (χ3v) is 3.43. The quantitative estimate of drug-likeness (QED) is 0.764. The van der Waals surface area contributed by atoms with Crippen molar-refractivity contribution in [2.45, 2.75) is 24.2 Å². The number of rotatable bonds is 7.